The van der Waals surface area contributed by atoms with Gasteiger partial charge >= 0.3 is 5.97 Å². The molecule has 1 atom stereocenters. The number of thiophene rings is 1. The van der Waals surface area contributed by atoms with E-state index < -0.39 is 11.9 Å². The van der Waals surface area contributed by atoms with E-state index >= 15 is 0 Å². The minimum atomic E-state index is -0.405. The van der Waals surface area contributed by atoms with Crippen LogP contribution in [0.3, 0.4) is 0 Å². The lowest BCUT2D eigenvalue weighted by Crippen LogP contribution is -2.26. The van der Waals surface area contributed by atoms with E-state index in [2.05, 4.69) is 31.2 Å². The Morgan fingerprint density at radius 2 is 2.00 bits per heavy atom. The number of carbonyl (C=O) groups excluding carboxylic acids is 2. The van der Waals surface area contributed by atoms with Gasteiger partial charge in [0.15, 0.2) is 0 Å². The van der Waals surface area contributed by atoms with Crippen LogP contribution in [-0.4, -0.2) is 23.6 Å². The van der Waals surface area contributed by atoms with E-state index in [1.54, 1.807) is 26.0 Å². The highest BCUT2D eigenvalue weighted by Crippen LogP contribution is 2.45. The maximum absolute atomic E-state index is 13.5. The number of nitrogens with one attached hydrogen (secondary N) is 1. The van der Waals surface area contributed by atoms with Crippen LogP contribution < -0.4 is 5.32 Å². The van der Waals surface area contributed by atoms with Gasteiger partial charge in [-0.15, -0.1) is 11.3 Å². The lowest BCUT2D eigenvalue weighted by molar-refractivity contribution is 0.0526. The lowest BCUT2D eigenvalue weighted by Gasteiger charge is -2.33. The van der Waals surface area contributed by atoms with Crippen molar-refractivity contribution in [2.75, 3.05) is 11.9 Å². The van der Waals surface area contributed by atoms with Crippen molar-refractivity contribution in [1.82, 2.24) is 5.16 Å². The molecule has 1 N–H and O–H groups in total. The Hall–Kier alpha value is -2.64. The van der Waals surface area contributed by atoms with Crippen molar-refractivity contribution in [1.29, 1.82) is 0 Å². The molecule has 0 unspecified atom stereocenters. The third-order valence-electron chi connectivity index (χ3n) is 6.42. The monoisotopic (exact) mass is 500 g/mol. The number of nitrogens with zero attached hydrogens (tertiary/aromatic N) is 1. The summed E-state index contributed by atoms with van der Waals surface area (Å²) in [5.74, 6) is 0.0756. The van der Waals surface area contributed by atoms with Crippen molar-refractivity contribution in [3.63, 3.8) is 0 Å². The molecule has 6 nitrogen and oxygen atoms in total. The normalized spacial score (nSPS) is 15.6. The minimum absolute atomic E-state index is 0.165. The van der Waals surface area contributed by atoms with Crippen LogP contribution in [0.2, 0.25) is 5.02 Å². The Bertz CT molecular complexity index is 1240. The van der Waals surface area contributed by atoms with Crippen LogP contribution in [0, 0.1) is 18.3 Å². The number of benzene rings is 1. The Labute approximate surface area is 208 Å². The summed E-state index contributed by atoms with van der Waals surface area (Å²) in [5.41, 5.74) is 2.90. The van der Waals surface area contributed by atoms with E-state index in [1.807, 2.05) is 12.1 Å². The number of carbonyl (C=O) groups is 2. The van der Waals surface area contributed by atoms with Gasteiger partial charge in [0.05, 0.1) is 17.2 Å². The predicted molar refractivity (Wildman–Crippen MR) is 135 cm³/mol. The zero-order valence-corrected chi connectivity index (χ0v) is 21.7. The number of halogens is 1. The smallest absolute Gasteiger partial charge is 0.341 e. The van der Waals surface area contributed by atoms with Crippen LogP contribution in [0.15, 0.2) is 28.8 Å². The number of hydrogen-bond donors (Lipinski definition) is 1. The van der Waals surface area contributed by atoms with Crippen LogP contribution >= 0.6 is 22.9 Å². The fourth-order valence-corrected chi connectivity index (χ4v) is 6.01. The number of rotatable bonds is 5. The summed E-state index contributed by atoms with van der Waals surface area (Å²) in [6.07, 6.45) is 2.66. The molecule has 0 fully saturated rings. The van der Waals surface area contributed by atoms with E-state index in [9.17, 15) is 9.59 Å². The number of anilines is 1. The summed E-state index contributed by atoms with van der Waals surface area (Å²) < 4.78 is 10.7. The molecule has 34 heavy (non-hydrogen) atoms. The summed E-state index contributed by atoms with van der Waals surface area (Å²) in [6, 6.07) is 7.16. The van der Waals surface area contributed by atoms with Gasteiger partial charge in [0.25, 0.3) is 5.91 Å². The van der Waals surface area contributed by atoms with Gasteiger partial charge in [-0.25, -0.2) is 4.79 Å². The molecule has 0 bridgehead atoms. The van der Waals surface area contributed by atoms with E-state index in [-0.39, 0.29) is 12.0 Å². The maximum Gasteiger partial charge on any atom is 0.341 e. The molecule has 1 aromatic carbocycles. The first-order valence-corrected chi connectivity index (χ1v) is 12.6. The summed E-state index contributed by atoms with van der Waals surface area (Å²) in [5, 5.41) is 8.04. The first-order valence-electron chi connectivity index (χ1n) is 11.5. The number of aromatic nitrogens is 1. The highest BCUT2D eigenvalue weighted by molar-refractivity contribution is 7.17. The van der Waals surface area contributed by atoms with Crippen LogP contribution in [0.1, 0.15) is 71.0 Å². The second kappa shape index (κ2) is 9.55. The third-order valence-corrected chi connectivity index (χ3v) is 7.91. The Morgan fingerprint density at radius 3 is 2.68 bits per heavy atom. The van der Waals surface area contributed by atoms with Crippen molar-refractivity contribution in [2.24, 2.45) is 11.3 Å². The number of ether oxygens (including phenoxy) is 1. The molecule has 0 aliphatic heterocycles. The molecule has 2 heterocycles. The van der Waals surface area contributed by atoms with Crippen molar-refractivity contribution < 1.29 is 18.8 Å². The molecule has 3 aromatic rings. The average Bonchev–Trinajstić information content (AvgIpc) is 3.33. The van der Waals surface area contributed by atoms with Gasteiger partial charge in [-0.05, 0) is 56.1 Å². The van der Waals surface area contributed by atoms with Gasteiger partial charge in [0.2, 0.25) is 0 Å². The molecule has 1 amide bonds. The average molecular weight is 501 g/mol. The van der Waals surface area contributed by atoms with Gasteiger partial charge in [0, 0.05) is 10.4 Å². The number of amides is 1. The van der Waals surface area contributed by atoms with Crippen molar-refractivity contribution in [3.8, 4) is 11.3 Å². The van der Waals surface area contributed by atoms with Crippen LogP contribution in [0.5, 0.6) is 0 Å². The molecule has 1 aliphatic carbocycles. The highest BCUT2D eigenvalue weighted by atomic mass is 35.5. The Balaban J connectivity index is 1.72. The van der Waals surface area contributed by atoms with E-state index in [0.717, 1.165) is 29.7 Å². The van der Waals surface area contributed by atoms with Crippen molar-refractivity contribution >= 4 is 39.8 Å². The molecule has 1 aliphatic rings. The predicted octanol–water partition coefficient (Wildman–Crippen LogP) is 6.94. The second-order valence-corrected chi connectivity index (χ2v) is 11.1. The molecule has 4 rings (SSSR count). The fourth-order valence-electron chi connectivity index (χ4n) is 4.47. The highest BCUT2D eigenvalue weighted by Gasteiger charge is 2.35. The summed E-state index contributed by atoms with van der Waals surface area (Å²) in [7, 11) is 0. The molecule has 0 saturated heterocycles. The summed E-state index contributed by atoms with van der Waals surface area (Å²) in [4.78, 5) is 27.5. The Morgan fingerprint density at radius 1 is 1.26 bits per heavy atom. The molecule has 0 radical (unpaired) electrons. The third kappa shape index (κ3) is 4.64. The minimum Gasteiger partial charge on any atom is -0.462 e. The number of esters is 1. The van der Waals surface area contributed by atoms with Gasteiger partial charge in [0.1, 0.15) is 22.0 Å². The van der Waals surface area contributed by atoms with Crippen LogP contribution in [-0.2, 0) is 17.6 Å². The topological polar surface area (TPSA) is 81.4 Å². The molecule has 2 aromatic heterocycles. The zero-order valence-electron chi connectivity index (χ0n) is 20.1. The first kappa shape index (κ1) is 24.5. The molecule has 180 valence electrons. The van der Waals surface area contributed by atoms with Gasteiger partial charge in [-0.1, -0.05) is 55.7 Å². The Kier molecular flexibility index (Phi) is 6.87. The number of hydrogen-bond acceptors (Lipinski definition) is 6. The molecular formula is C26H29ClN2O4S. The van der Waals surface area contributed by atoms with E-state index in [1.165, 1.54) is 11.3 Å². The lowest BCUT2D eigenvalue weighted by atomic mass is 9.72. The van der Waals surface area contributed by atoms with Gasteiger partial charge in [-0.2, -0.15) is 0 Å². The zero-order chi connectivity index (χ0) is 24.6. The molecule has 0 saturated carbocycles. The maximum atomic E-state index is 13.5. The number of aryl methyl sites for hydroxylation is 1. The fraction of sp³-hybridized carbons (Fsp3) is 0.423. The number of fused-ring (bicyclic) bond motifs is 1. The summed E-state index contributed by atoms with van der Waals surface area (Å²) >= 11 is 7.82. The largest absolute Gasteiger partial charge is 0.462 e. The molecule has 0 spiro atoms. The standard InChI is InChI=1S/C26H29ClN2O4S/c1-6-32-25(31)21-17-12-11-15(26(3,4)5)13-19(17)34-24(21)28-23(30)20-14(2)33-29-22(20)16-9-7-8-10-18(16)27/h7-10,15H,6,11-13H2,1-5H3,(H,28,30)/t15-/m0/s1. The van der Waals surface area contributed by atoms with Crippen LogP contribution in [0.25, 0.3) is 11.3 Å². The van der Waals surface area contributed by atoms with Crippen molar-refractivity contribution in [2.45, 2.75) is 53.9 Å². The van der Waals surface area contributed by atoms with E-state index in [0.29, 0.717) is 44.1 Å². The van der Waals surface area contributed by atoms with Gasteiger partial charge < -0.3 is 14.6 Å². The van der Waals surface area contributed by atoms with E-state index in [4.69, 9.17) is 20.9 Å². The second-order valence-electron chi connectivity index (χ2n) is 9.63. The summed E-state index contributed by atoms with van der Waals surface area (Å²) in [6.45, 7) is 10.5. The quantitative estimate of drug-likeness (QED) is 0.383. The first-order chi connectivity index (χ1) is 16.1. The van der Waals surface area contributed by atoms with Crippen molar-refractivity contribution in [3.05, 3.63) is 56.6 Å². The van der Waals surface area contributed by atoms with Gasteiger partial charge in [-0.3, -0.25) is 4.79 Å². The molecular weight excluding hydrogens is 472 g/mol. The SMILES string of the molecule is CCOC(=O)c1c(NC(=O)c2c(-c3ccccc3Cl)noc2C)sc2c1CC[C@H](C(C)(C)C)C2. The van der Waals surface area contributed by atoms with Crippen LogP contribution in [0.4, 0.5) is 5.00 Å². The molecule has 8 heteroatoms.